The number of amidine groups is 1. The van der Waals surface area contributed by atoms with Gasteiger partial charge in [0.2, 0.25) is 0 Å². The van der Waals surface area contributed by atoms with Crippen molar-refractivity contribution in [1.29, 1.82) is 5.41 Å². The lowest BCUT2D eigenvalue weighted by atomic mass is 9.91. The summed E-state index contributed by atoms with van der Waals surface area (Å²) in [7, 11) is -4.18. The first-order valence-corrected chi connectivity index (χ1v) is 19.3. The van der Waals surface area contributed by atoms with Gasteiger partial charge in [-0.15, -0.1) is 0 Å². The van der Waals surface area contributed by atoms with Gasteiger partial charge >= 0.3 is 13.6 Å². The van der Waals surface area contributed by atoms with Crippen molar-refractivity contribution >= 4 is 25.1 Å². The first kappa shape index (κ1) is 38.1. The SMILES string of the molecule is N=C(N)c1cc(CN2C(=O)N(Cc3cccc(OCP(=O)(O)Oc4ccccc4)c3)C(Cc3ccccc3)[C@H](O)[C@@H](O)[C@H]2Cc2ccccc2)ccc1N. The van der Waals surface area contributed by atoms with Gasteiger partial charge < -0.3 is 45.6 Å². The van der Waals surface area contributed by atoms with Gasteiger partial charge in [0.25, 0.3) is 0 Å². The number of carbonyl (C=O) groups is 1. The molecule has 5 aromatic rings. The van der Waals surface area contributed by atoms with Gasteiger partial charge in [0, 0.05) is 24.3 Å². The molecule has 5 atom stereocenters. The van der Waals surface area contributed by atoms with Gasteiger partial charge in [-0.1, -0.05) is 97.1 Å². The fourth-order valence-corrected chi connectivity index (χ4v) is 7.52. The van der Waals surface area contributed by atoms with E-state index in [0.29, 0.717) is 22.4 Å². The Bertz CT molecular complexity index is 2090. The molecule has 0 radical (unpaired) electrons. The number of nitrogens with two attached hydrogens (primary N) is 2. The lowest BCUT2D eigenvalue weighted by molar-refractivity contribution is -0.0408. The number of hydrogen-bond donors (Lipinski definition) is 6. The van der Waals surface area contributed by atoms with Crippen molar-refractivity contribution in [2.24, 2.45) is 5.73 Å². The van der Waals surface area contributed by atoms with Gasteiger partial charge in [0.15, 0.2) is 6.35 Å². The number of nitrogen functional groups attached to an aromatic ring is 2. The van der Waals surface area contributed by atoms with E-state index in [9.17, 15) is 19.7 Å². The lowest BCUT2D eigenvalue weighted by Gasteiger charge is -2.36. The Kier molecular flexibility index (Phi) is 12.0. The second-order valence-electron chi connectivity index (χ2n) is 13.3. The second kappa shape index (κ2) is 17.0. The molecule has 6 rings (SSSR count). The van der Waals surface area contributed by atoms with Crippen molar-refractivity contribution in [2.45, 2.75) is 50.2 Å². The molecule has 5 aromatic carbocycles. The predicted molar refractivity (Wildman–Crippen MR) is 207 cm³/mol. The number of anilines is 1. The Balaban J connectivity index is 1.35. The molecule has 12 nitrogen and oxygen atoms in total. The van der Waals surface area contributed by atoms with Crippen LogP contribution in [-0.2, 0) is 30.5 Å². The molecule has 0 aliphatic carbocycles. The smallest absolute Gasteiger partial charge is 0.413 e. The van der Waals surface area contributed by atoms with Crippen molar-refractivity contribution in [3.8, 4) is 11.5 Å². The van der Waals surface area contributed by atoms with Crippen LogP contribution in [0, 0.1) is 5.41 Å². The summed E-state index contributed by atoms with van der Waals surface area (Å²) in [5.41, 5.74) is 15.5. The maximum Gasteiger partial charge on any atom is 0.413 e. The first-order valence-electron chi connectivity index (χ1n) is 17.5. The van der Waals surface area contributed by atoms with E-state index in [1.54, 1.807) is 82.6 Å². The summed E-state index contributed by atoms with van der Waals surface area (Å²) in [6, 6.07) is 36.9. The zero-order valence-electron chi connectivity index (χ0n) is 29.5. The molecule has 0 aromatic heterocycles. The third-order valence-corrected chi connectivity index (χ3v) is 10.4. The molecular formula is C41H44N5O7P. The average molecular weight is 750 g/mol. The van der Waals surface area contributed by atoms with Gasteiger partial charge in [-0.05, 0) is 71.5 Å². The summed E-state index contributed by atoms with van der Waals surface area (Å²) in [5.74, 6) is 0.291. The Hall–Kier alpha value is -5.65. The fraction of sp³-hybridized carbons (Fsp3) is 0.220. The first-order chi connectivity index (χ1) is 26.0. The number of urea groups is 1. The number of hydrogen-bond acceptors (Lipinski definition) is 8. The van der Waals surface area contributed by atoms with Crippen LogP contribution in [0.4, 0.5) is 10.5 Å². The van der Waals surface area contributed by atoms with E-state index in [4.69, 9.17) is 26.1 Å². The molecule has 280 valence electrons. The summed E-state index contributed by atoms with van der Waals surface area (Å²) in [6.07, 6.45) is -2.84. The molecule has 0 spiro atoms. The van der Waals surface area contributed by atoms with Crippen molar-refractivity contribution in [3.63, 3.8) is 0 Å². The van der Waals surface area contributed by atoms with Crippen LogP contribution in [0.5, 0.6) is 11.5 Å². The number of aliphatic hydroxyl groups excluding tert-OH is 2. The van der Waals surface area contributed by atoms with Crippen molar-refractivity contribution in [3.05, 3.63) is 161 Å². The van der Waals surface area contributed by atoms with Gasteiger partial charge in [-0.2, -0.15) is 0 Å². The highest BCUT2D eigenvalue weighted by Crippen LogP contribution is 2.42. The molecule has 2 unspecified atom stereocenters. The molecule has 1 saturated heterocycles. The average Bonchev–Trinajstić information content (AvgIpc) is 3.23. The van der Waals surface area contributed by atoms with Crippen LogP contribution in [-0.4, -0.2) is 67.4 Å². The number of ether oxygens (including phenoxy) is 1. The Morgan fingerprint density at radius 2 is 1.17 bits per heavy atom. The van der Waals surface area contributed by atoms with Crippen molar-refractivity contribution in [1.82, 2.24) is 9.80 Å². The molecule has 2 amide bonds. The predicted octanol–water partition coefficient (Wildman–Crippen LogP) is 5.54. The highest BCUT2D eigenvalue weighted by atomic mass is 31.2. The quantitative estimate of drug-likeness (QED) is 0.0366. The minimum absolute atomic E-state index is 0.00358. The van der Waals surface area contributed by atoms with Crippen LogP contribution in [0.2, 0.25) is 0 Å². The third kappa shape index (κ3) is 9.47. The highest BCUT2D eigenvalue weighted by molar-refractivity contribution is 7.53. The number of amides is 2. The summed E-state index contributed by atoms with van der Waals surface area (Å²) < 4.78 is 23.8. The number of rotatable bonds is 14. The van der Waals surface area contributed by atoms with Crippen LogP contribution < -0.4 is 20.7 Å². The van der Waals surface area contributed by atoms with Crippen LogP contribution in [0.25, 0.3) is 0 Å². The number of nitrogens with zero attached hydrogens (tertiary/aromatic N) is 2. The Morgan fingerprint density at radius 3 is 1.70 bits per heavy atom. The number of carbonyl (C=O) groups excluding carboxylic acids is 1. The molecule has 54 heavy (non-hydrogen) atoms. The molecule has 13 heteroatoms. The Morgan fingerprint density at radius 1 is 0.685 bits per heavy atom. The standard InChI is InChI=1S/C41H44N5O7P/c42-35-20-19-31(22-34(35)40(43)44)26-46-37(24-29-13-6-2-7-14-29)39(48)38(47)36(23-28-11-4-1-5-12-28)45(41(46)49)25-30-15-10-18-33(21-30)52-27-54(50,51)53-32-16-8-3-9-17-32/h1-22,36-39,47-48H,23-27,42H2,(H3,43,44)(H,50,51)/t36?,37-,38+,39+/m1/s1. The molecule has 1 aliphatic rings. The van der Waals surface area contributed by atoms with E-state index in [1.807, 2.05) is 60.7 Å². The molecule has 1 heterocycles. The third-order valence-electron chi connectivity index (χ3n) is 9.40. The van der Waals surface area contributed by atoms with E-state index in [0.717, 1.165) is 11.1 Å². The van der Waals surface area contributed by atoms with Gasteiger partial charge in [0.05, 0.1) is 12.1 Å². The summed E-state index contributed by atoms with van der Waals surface area (Å²) in [4.78, 5) is 28.7. The zero-order valence-corrected chi connectivity index (χ0v) is 30.4. The molecule has 0 bridgehead atoms. The van der Waals surface area contributed by atoms with Gasteiger partial charge in [-0.25, -0.2) is 9.36 Å². The monoisotopic (exact) mass is 749 g/mol. The van der Waals surface area contributed by atoms with E-state index in [-0.39, 0.29) is 43.3 Å². The number of aliphatic hydroxyl groups is 2. The summed E-state index contributed by atoms with van der Waals surface area (Å²) >= 11 is 0. The van der Waals surface area contributed by atoms with Crippen LogP contribution in [0.15, 0.2) is 133 Å². The highest BCUT2D eigenvalue weighted by Gasteiger charge is 2.46. The van der Waals surface area contributed by atoms with E-state index >= 15 is 4.79 Å². The summed E-state index contributed by atoms with van der Waals surface area (Å²) in [6.45, 7) is 0.0230. The Labute approximate surface area is 314 Å². The second-order valence-corrected chi connectivity index (χ2v) is 15.0. The van der Waals surface area contributed by atoms with Crippen molar-refractivity contribution in [2.75, 3.05) is 12.1 Å². The van der Waals surface area contributed by atoms with Gasteiger partial charge in [0.1, 0.15) is 29.5 Å². The molecular weight excluding hydrogens is 705 g/mol. The number of nitrogens with one attached hydrogen (secondary N) is 1. The lowest BCUT2D eigenvalue weighted by Crippen LogP contribution is -2.50. The van der Waals surface area contributed by atoms with E-state index in [1.165, 1.54) is 0 Å². The maximum atomic E-state index is 15.1. The summed E-state index contributed by atoms with van der Waals surface area (Å²) in [5, 5.41) is 32.1. The van der Waals surface area contributed by atoms with Crippen LogP contribution in [0.3, 0.4) is 0 Å². The van der Waals surface area contributed by atoms with E-state index < -0.39 is 44.3 Å². The molecule has 0 saturated carbocycles. The van der Waals surface area contributed by atoms with E-state index in [2.05, 4.69) is 0 Å². The van der Waals surface area contributed by atoms with Crippen LogP contribution in [0.1, 0.15) is 27.8 Å². The molecule has 8 N–H and O–H groups in total. The maximum absolute atomic E-state index is 15.1. The number of para-hydroxylation sites is 1. The molecule has 1 fully saturated rings. The number of benzene rings is 5. The minimum atomic E-state index is -4.18. The fourth-order valence-electron chi connectivity index (χ4n) is 6.71. The normalized spacial score (nSPS) is 19.8. The van der Waals surface area contributed by atoms with Crippen LogP contribution >= 0.6 is 7.60 Å². The topological polar surface area (TPSA) is 196 Å². The largest absolute Gasteiger partial charge is 0.480 e. The van der Waals surface area contributed by atoms with Gasteiger partial charge in [-0.3, -0.25) is 5.41 Å². The minimum Gasteiger partial charge on any atom is -0.480 e. The molecule has 1 aliphatic heterocycles. The van der Waals surface area contributed by atoms with Crippen molar-refractivity contribution < 1.29 is 33.7 Å². The zero-order chi connectivity index (χ0) is 38.2.